The number of likely N-dealkylation sites (tertiary alicyclic amines) is 1. The number of unbranched alkanes of at least 4 members (excludes halogenated alkanes) is 1. The number of benzene rings is 1. The second-order valence-corrected chi connectivity index (χ2v) is 9.04. The molecule has 0 unspecified atom stereocenters. The summed E-state index contributed by atoms with van der Waals surface area (Å²) >= 11 is 0. The lowest BCUT2D eigenvalue weighted by molar-refractivity contribution is 0.0223. The van der Waals surface area contributed by atoms with Gasteiger partial charge in [0.05, 0.1) is 6.61 Å². The number of fused-ring (bicyclic) bond motifs is 1. The Morgan fingerprint density at radius 2 is 1.82 bits per heavy atom. The van der Waals surface area contributed by atoms with E-state index in [0.29, 0.717) is 13.1 Å². The molecule has 0 bridgehead atoms. The number of ether oxygens (including phenoxy) is 2. The summed E-state index contributed by atoms with van der Waals surface area (Å²) in [5.74, 6) is 0.905. The number of nitrogens with zero attached hydrogens (tertiary/aromatic N) is 2. The van der Waals surface area contributed by atoms with Crippen LogP contribution in [0.25, 0.3) is 0 Å². The number of amides is 1. The number of piperidine rings is 1. The van der Waals surface area contributed by atoms with Crippen LogP contribution in [-0.2, 0) is 17.7 Å². The normalized spacial score (nSPS) is 17.9. The van der Waals surface area contributed by atoms with E-state index in [1.807, 2.05) is 20.8 Å². The van der Waals surface area contributed by atoms with Gasteiger partial charge in [0.25, 0.3) is 0 Å². The van der Waals surface area contributed by atoms with Gasteiger partial charge in [0.1, 0.15) is 11.4 Å². The molecule has 1 fully saturated rings. The molecule has 0 spiro atoms. The zero-order valence-electron chi connectivity index (χ0n) is 17.8. The summed E-state index contributed by atoms with van der Waals surface area (Å²) in [7, 11) is 0. The molecule has 156 valence electrons. The van der Waals surface area contributed by atoms with Gasteiger partial charge in [-0.2, -0.15) is 0 Å². The number of carbonyl (C=O) groups excluding carboxylic acids is 1. The topological polar surface area (TPSA) is 42.0 Å². The van der Waals surface area contributed by atoms with Crippen LogP contribution in [0.1, 0.15) is 64.0 Å². The molecule has 1 saturated heterocycles. The second-order valence-electron chi connectivity index (χ2n) is 9.04. The predicted molar refractivity (Wildman–Crippen MR) is 112 cm³/mol. The molecule has 0 atom stereocenters. The van der Waals surface area contributed by atoms with Crippen molar-refractivity contribution in [1.82, 2.24) is 9.80 Å². The van der Waals surface area contributed by atoms with E-state index in [1.165, 1.54) is 56.4 Å². The van der Waals surface area contributed by atoms with E-state index in [2.05, 4.69) is 23.1 Å². The monoisotopic (exact) mass is 388 g/mol. The van der Waals surface area contributed by atoms with Crippen LogP contribution in [0.15, 0.2) is 18.2 Å². The fourth-order valence-electron chi connectivity index (χ4n) is 3.92. The molecule has 0 saturated carbocycles. The summed E-state index contributed by atoms with van der Waals surface area (Å²) in [4.78, 5) is 16.7. The minimum atomic E-state index is -0.462. The Bertz CT molecular complexity index is 648. The molecule has 1 amide bonds. The van der Waals surface area contributed by atoms with Crippen LogP contribution in [0.5, 0.6) is 5.75 Å². The summed E-state index contributed by atoms with van der Waals surface area (Å²) in [6.07, 6.45) is 7.00. The smallest absolute Gasteiger partial charge is 0.410 e. The molecule has 5 nitrogen and oxygen atoms in total. The SMILES string of the molecule is CC(C)(C)OC(=O)N1CCc2ccc(OCCCCN3CCCCC3)cc2C1. The first-order valence-corrected chi connectivity index (χ1v) is 10.9. The Morgan fingerprint density at radius 3 is 2.57 bits per heavy atom. The Kier molecular flexibility index (Phi) is 7.22. The molecule has 1 aromatic rings. The first kappa shape index (κ1) is 21.0. The molecular formula is C23H36N2O3. The lowest BCUT2D eigenvalue weighted by Gasteiger charge is -2.31. The molecule has 0 aromatic heterocycles. The van der Waals surface area contributed by atoms with Crippen molar-refractivity contribution in [3.63, 3.8) is 0 Å². The second kappa shape index (κ2) is 9.64. The lowest BCUT2D eigenvalue weighted by Crippen LogP contribution is -2.39. The quantitative estimate of drug-likeness (QED) is 0.667. The predicted octanol–water partition coefficient (Wildman–Crippen LogP) is 4.62. The zero-order valence-corrected chi connectivity index (χ0v) is 17.8. The summed E-state index contributed by atoms with van der Waals surface area (Å²) in [5.41, 5.74) is 2.01. The Labute approximate surface area is 170 Å². The van der Waals surface area contributed by atoms with Gasteiger partial charge in [0.15, 0.2) is 0 Å². The molecule has 5 heteroatoms. The fourth-order valence-corrected chi connectivity index (χ4v) is 3.92. The van der Waals surface area contributed by atoms with Crippen molar-refractivity contribution in [3.05, 3.63) is 29.3 Å². The van der Waals surface area contributed by atoms with Crippen molar-refractivity contribution >= 4 is 6.09 Å². The first-order valence-electron chi connectivity index (χ1n) is 10.9. The van der Waals surface area contributed by atoms with Gasteiger partial charge >= 0.3 is 6.09 Å². The number of hydrogen-bond acceptors (Lipinski definition) is 4. The van der Waals surface area contributed by atoms with Crippen molar-refractivity contribution in [2.24, 2.45) is 0 Å². The van der Waals surface area contributed by atoms with Crippen molar-refractivity contribution in [2.75, 3.05) is 32.8 Å². The molecule has 2 aliphatic rings. The highest BCUT2D eigenvalue weighted by Crippen LogP contribution is 2.25. The number of carbonyl (C=O) groups is 1. The Morgan fingerprint density at radius 1 is 1.04 bits per heavy atom. The molecule has 0 N–H and O–H groups in total. The van der Waals surface area contributed by atoms with Crippen LogP contribution < -0.4 is 4.74 Å². The largest absolute Gasteiger partial charge is 0.494 e. The molecule has 1 aromatic carbocycles. The van der Waals surface area contributed by atoms with E-state index in [9.17, 15) is 4.79 Å². The highest BCUT2D eigenvalue weighted by Gasteiger charge is 2.25. The van der Waals surface area contributed by atoms with Gasteiger partial charge in [-0.25, -0.2) is 4.79 Å². The zero-order chi connectivity index (χ0) is 20.0. The van der Waals surface area contributed by atoms with E-state index in [0.717, 1.165) is 25.2 Å². The standard InChI is InChI=1S/C23H36N2O3/c1-23(2,3)28-22(26)25-15-11-19-9-10-21(17-20(19)18-25)27-16-8-7-14-24-12-5-4-6-13-24/h9-10,17H,4-8,11-16,18H2,1-3H3. The van der Waals surface area contributed by atoms with Crippen LogP contribution in [0.4, 0.5) is 4.79 Å². The average Bonchev–Trinajstić information content (AvgIpc) is 2.66. The third-order valence-corrected chi connectivity index (χ3v) is 5.43. The van der Waals surface area contributed by atoms with E-state index in [-0.39, 0.29) is 6.09 Å². The lowest BCUT2D eigenvalue weighted by atomic mass is 10.00. The average molecular weight is 389 g/mol. The molecular weight excluding hydrogens is 352 g/mol. The number of hydrogen-bond donors (Lipinski definition) is 0. The first-order chi connectivity index (χ1) is 13.4. The molecule has 0 radical (unpaired) electrons. The van der Waals surface area contributed by atoms with Crippen LogP contribution in [-0.4, -0.2) is 54.3 Å². The molecule has 3 rings (SSSR count). The Balaban J connectivity index is 1.44. The van der Waals surface area contributed by atoms with Gasteiger partial charge in [-0.1, -0.05) is 12.5 Å². The van der Waals surface area contributed by atoms with E-state index >= 15 is 0 Å². The molecule has 28 heavy (non-hydrogen) atoms. The molecule has 2 heterocycles. The summed E-state index contributed by atoms with van der Waals surface area (Å²) in [6.45, 7) is 11.5. The van der Waals surface area contributed by atoms with Crippen LogP contribution >= 0.6 is 0 Å². The summed E-state index contributed by atoms with van der Waals surface area (Å²) in [6, 6.07) is 6.30. The third-order valence-electron chi connectivity index (χ3n) is 5.43. The van der Waals surface area contributed by atoms with Gasteiger partial charge in [-0.15, -0.1) is 0 Å². The molecule has 0 aliphatic carbocycles. The van der Waals surface area contributed by atoms with E-state index < -0.39 is 5.60 Å². The fraction of sp³-hybridized carbons (Fsp3) is 0.696. The van der Waals surface area contributed by atoms with Gasteiger partial charge in [0, 0.05) is 13.1 Å². The van der Waals surface area contributed by atoms with Crippen LogP contribution in [0.2, 0.25) is 0 Å². The third kappa shape index (κ3) is 6.40. The van der Waals surface area contributed by atoms with Crippen molar-refractivity contribution in [1.29, 1.82) is 0 Å². The van der Waals surface area contributed by atoms with Crippen molar-refractivity contribution in [2.45, 2.75) is 71.4 Å². The van der Waals surface area contributed by atoms with E-state index in [1.54, 1.807) is 4.90 Å². The summed E-state index contributed by atoms with van der Waals surface area (Å²) in [5, 5.41) is 0. The summed E-state index contributed by atoms with van der Waals surface area (Å²) < 4.78 is 11.5. The van der Waals surface area contributed by atoms with Gasteiger partial charge in [-0.3, -0.25) is 0 Å². The molecule has 2 aliphatic heterocycles. The Hall–Kier alpha value is -1.75. The van der Waals surface area contributed by atoms with Gasteiger partial charge in [0.2, 0.25) is 0 Å². The van der Waals surface area contributed by atoms with Crippen LogP contribution in [0, 0.1) is 0 Å². The van der Waals surface area contributed by atoms with Gasteiger partial charge in [-0.05, 0) is 95.8 Å². The highest BCUT2D eigenvalue weighted by atomic mass is 16.6. The van der Waals surface area contributed by atoms with Crippen LogP contribution in [0.3, 0.4) is 0 Å². The van der Waals surface area contributed by atoms with E-state index in [4.69, 9.17) is 9.47 Å². The van der Waals surface area contributed by atoms with Crippen molar-refractivity contribution < 1.29 is 14.3 Å². The highest BCUT2D eigenvalue weighted by molar-refractivity contribution is 5.68. The maximum Gasteiger partial charge on any atom is 0.410 e. The number of rotatable bonds is 6. The van der Waals surface area contributed by atoms with Gasteiger partial charge < -0.3 is 19.3 Å². The van der Waals surface area contributed by atoms with Crippen molar-refractivity contribution in [3.8, 4) is 5.75 Å². The maximum absolute atomic E-state index is 12.4. The minimum absolute atomic E-state index is 0.234. The maximum atomic E-state index is 12.4. The minimum Gasteiger partial charge on any atom is -0.494 e.